The summed E-state index contributed by atoms with van der Waals surface area (Å²) in [6.07, 6.45) is 2.32. The van der Waals surface area contributed by atoms with Gasteiger partial charge < -0.3 is 15.0 Å². The monoisotopic (exact) mass is 305 g/mol. The van der Waals surface area contributed by atoms with Crippen molar-refractivity contribution in [3.63, 3.8) is 0 Å². The first kappa shape index (κ1) is 14.4. The molecule has 0 unspecified atom stereocenters. The molecule has 1 aromatic heterocycles. The van der Waals surface area contributed by atoms with Gasteiger partial charge in [0.15, 0.2) is 5.16 Å². The van der Waals surface area contributed by atoms with E-state index in [1.807, 2.05) is 19.1 Å². The van der Waals surface area contributed by atoms with Gasteiger partial charge in [-0.25, -0.2) is 4.98 Å². The summed E-state index contributed by atoms with van der Waals surface area (Å²) in [6.45, 7) is 3.47. The average Bonchev–Trinajstić information content (AvgIpc) is 3.11. The molecular weight excluding hydrogens is 286 g/mol. The minimum absolute atomic E-state index is 0.0205. The number of imidazole rings is 1. The van der Waals surface area contributed by atoms with Crippen LogP contribution in [-0.2, 0) is 9.53 Å². The molecular formula is C15H19N3O2S. The highest BCUT2D eigenvalue weighted by Crippen LogP contribution is 2.20. The molecule has 21 heavy (non-hydrogen) atoms. The molecule has 3 rings (SSSR count). The number of hydrogen-bond donors (Lipinski definition) is 2. The zero-order valence-corrected chi connectivity index (χ0v) is 12.8. The van der Waals surface area contributed by atoms with Crippen LogP contribution in [0.25, 0.3) is 11.0 Å². The maximum atomic E-state index is 11.8. The number of aromatic nitrogens is 2. The first-order valence-electron chi connectivity index (χ1n) is 7.18. The van der Waals surface area contributed by atoms with Crippen molar-refractivity contribution in [3.05, 3.63) is 23.8 Å². The van der Waals surface area contributed by atoms with E-state index in [1.165, 1.54) is 17.3 Å². The summed E-state index contributed by atoms with van der Waals surface area (Å²) in [6, 6.07) is 6.08. The average molecular weight is 305 g/mol. The van der Waals surface area contributed by atoms with Gasteiger partial charge in [-0.3, -0.25) is 4.79 Å². The zero-order valence-electron chi connectivity index (χ0n) is 12.0. The van der Waals surface area contributed by atoms with Gasteiger partial charge in [0, 0.05) is 13.2 Å². The molecule has 0 radical (unpaired) electrons. The van der Waals surface area contributed by atoms with Crippen molar-refractivity contribution in [2.24, 2.45) is 0 Å². The number of aromatic amines is 1. The number of ether oxygens (including phenoxy) is 1. The van der Waals surface area contributed by atoms with Crippen molar-refractivity contribution < 1.29 is 9.53 Å². The summed E-state index contributed by atoms with van der Waals surface area (Å²) in [5.41, 5.74) is 3.14. The van der Waals surface area contributed by atoms with Crippen LogP contribution < -0.4 is 5.32 Å². The van der Waals surface area contributed by atoms with Gasteiger partial charge in [-0.05, 0) is 37.5 Å². The summed E-state index contributed by atoms with van der Waals surface area (Å²) in [5, 5.41) is 3.69. The number of nitrogens with one attached hydrogen (secondary N) is 2. The standard InChI is InChI=1S/C15H19N3O2S/c1-10-4-5-12-13(7-10)18-15(17-12)21-9-14(19)16-8-11-3-2-6-20-11/h4-5,7,11H,2-3,6,8-9H2,1H3,(H,16,19)(H,17,18)/t11-/m1/s1. The normalized spacial score (nSPS) is 18.2. The Morgan fingerprint density at radius 3 is 3.29 bits per heavy atom. The molecule has 5 nitrogen and oxygen atoms in total. The second kappa shape index (κ2) is 6.49. The number of thioether (sulfide) groups is 1. The van der Waals surface area contributed by atoms with Crippen LogP contribution in [0, 0.1) is 6.92 Å². The maximum absolute atomic E-state index is 11.8. The van der Waals surface area contributed by atoms with Crippen LogP contribution in [0.3, 0.4) is 0 Å². The van der Waals surface area contributed by atoms with Crippen molar-refractivity contribution in [1.82, 2.24) is 15.3 Å². The molecule has 0 spiro atoms. The minimum atomic E-state index is 0.0205. The van der Waals surface area contributed by atoms with Crippen LogP contribution >= 0.6 is 11.8 Å². The Morgan fingerprint density at radius 2 is 2.48 bits per heavy atom. The van der Waals surface area contributed by atoms with E-state index in [9.17, 15) is 4.79 Å². The Hall–Kier alpha value is -1.53. The number of H-pyrrole nitrogens is 1. The van der Waals surface area contributed by atoms with Gasteiger partial charge in [0.1, 0.15) is 0 Å². The fraction of sp³-hybridized carbons (Fsp3) is 0.467. The Labute approximate surface area is 127 Å². The predicted octanol–water partition coefficient (Wildman–Crippen LogP) is 2.26. The number of fused-ring (bicyclic) bond motifs is 1. The van der Waals surface area contributed by atoms with Gasteiger partial charge >= 0.3 is 0 Å². The molecule has 112 valence electrons. The number of rotatable bonds is 5. The Kier molecular flexibility index (Phi) is 4.45. The lowest BCUT2D eigenvalue weighted by molar-refractivity contribution is -0.119. The Morgan fingerprint density at radius 1 is 1.57 bits per heavy atom. The quantitative estimate of drug-likeness (QED) is 0.832. The molecule has 1 aliphatic rings. The summed E-state index contributed by atoms with van der Waals surface area (Å²) < 4.78 is 5.48. The smallest absolute Gasteiger partial charge is 0.230 e. The number of benzene rings is 1. The predicted molar refractivity (Wildman–Crippen MR) is 83.5 cm³/mol. The van der Waals surface area contributed by atoms with Crippen LogP contribution in [0.15, 0.2) is 23.4 Å². The number of carbonyl (C=O) groups is 1. The number of aryl methyl sites for hydroxylation is 1. The van der Waals surface area contributed by atoms with Gasteiger partial charge in [-0.2, -0.15) is 0 Å². The highest BCUT2D eigenvalue weighted by molar-refractivity contribution is 7.99. The lowest BCUT2D eigenvalue weighted by Gasteiger charge is -2.10. The van der Waals surface area contributed by atoms with Gasteiger partial charge in [0.05, 0.1) is 22.9 Å². The number of hydrogen-bond acceptors (Lipinski definition) is 4. The van der Waals surface area contributed by atoms with Crippen LogP contribution in [0.2, 0.25) is 0 Å². The minimum Gasteiger partial charge on any atom is -0.376 e. The van der Waals surface area contributed by atoms with Gasteiger partial charge in [0.2, 0.25) is 5.91 Å². The van der Waals surface area contributed by atoms with Gasteiger partial charge in [0.25, 0.3) is 0 Å². The first-order valence-corrected chi connectivity index (χ1v) is 8.17. The van der Waals surface area contributed by atoms with Crippen molar-refractivity contribution in [2.75, 3.05) is 18.9 Å². The zero-order chi connectivity index (χ0) is 14.7. The third-order valence-corrected chi connectivity index (χ3v) is 4.38. The fourth-order valence-electron chi connectivity index (χ4n) is 2.39. The molecule has 1 aromatic carbocycles. The van der Waals surface area contributed by atoms with E-state index in [2.05, 4.69) is 21.4 Å². The topological polar surface area (TPSA) is 67.0 Å². The van der Waals surface area contributed by atoms with Crippen LogP contribution in [0.4, 0.5) is 0 Å². The van der Waals surface area contributed by atoms with E-state index in [0.29, 0.717) is 12.3 Å². The molecule has 1 aliphatic heterocycles. The highest BCUT2D eigenvalue weighted by Gasteiger charge is 2.16. The molecule has 1 amide bonds. The van der Waals surface area contributed by atoms with E-state index in [1.54, 1.807) is 0 Å². The summed E-state index contributed by atoms with van der Waals surface area (Å²) >= 11 is 1.42. The summed E-state index contributed by atoms with van der Waals surface area (Å²) in [5.74, 6) is 0.387. The van der Waals surface area contributed by atoms with Crippen LogP contribution in [-0.4, -0.2) is 40.9 Å². The molecule has 2 aromatic rings. The van der Waals surface area contributed by atoms with E-state index in [0.717, 1.165) is 35.6 Å². The van der Waals surface area contributed by atoms with Crippen molar-refractivity contribution >= 4 is 28.7 Å². The number of amides is 1. The van der Waals surface area contributed by atoms with Crippen LogP contribution in [0.1, 0.15) is 18.4 Å². The van der Waals surface area contributed by atoms with Crippen molar-refractivity contribution in [2.45, 2.75) is 31.0 Å². The fourth-order valence-corrected chi connectivity index (χ4v) is 3.10. The molecule has 2 heterocycles. The van der Waals surface area contributed by atoms with Gasteiger partial charge in [-0.1, -0.05) is 17.8 Å². The van der Waals surface area contributed by atoms with E-state index in [-0.39, 0.29) is 12.0 Å². The molecule has 0 bridgehead atoms. The van der Waals surface area contributed by atoms with E-state index in [4.69, 9.17) is 4.74 Å². The van der Waals surface area contributed by atoms with Crippen molar-refractivity contribution in [3.8, 4) is 0 Å². The van der Waals surface area contributed by atoms with Crippen molar-refractivity contribution in [1.29, 1.82) is 0 Å². The second-order valence-electron chi connectivity index (χ2n) is 5.29. The Bertz CT molecular complexity index is 635. The lowest BCUT2D eigenvalue weighted by atomic mass is 10.2. The molecule has 1 atom stereocenters. The third-order valence-electron chi connectivity index (χ3n) is 3.51. The Balaban J connectivity index is 1.49. The number of carbonyl (C=O) groups excluding carboxylic acids is 1. The summed E-state index contributed by atoms with van der Waals surface area (Å²) in [7, 11) is 0. The first-order chi connectivity index (χ1) is 10.2. The largest absolute Gasteiger partial charge is 0.376 e. The molecule has 6 heteroatoms. The van der Waals surface area contributed by atoms with E-state index >= 15 is 0 Å². The molecule has 2 N–H and O–H groups in total. The van der Waals surface area contributed by atoms with Crippen LogP contribution in [0.5, 0.6) is 0 Å². The maximum Gasteiger partial charge on any atom is 0.230 e. The van der Waals surface area contributed by atoms with Gasteiger partial charge in [-0.15, -0.1) is 0 Å². The molecule has 1 saturated heterocycles. The number of nitrogens with zero attached hydrogens (tertiary/aromatic N) is 1. The SMILES string of the molecule is Cc1ccc2nc(SCC(=O)NC[C@H]3CCCO3)[nH]c2c1. The molecule has 0 aliphatic carbocycles. The lowest BCUT2D eigenvalue weighted by Crippen LogP contribution is -2.32. The molecule has 1 fully saturated rings. The molecule has 0 saturated carbocycles. The second-order valence-corrected chi connectivity index (χ2v) is 6.25. The highest BCUT2D eigenvalue weighted by atomic mass is 32.2. The third kappa shape index (κ3) is 3.77. The summed E-state index contributed by atoms with van der Waals surface area (Å²) in [4.78, 5) is 19.5. The van der Waals surface area contributed by atoms with E-state index < -0.39 is 0 Å².